The molecular formula is C24H38N6O2. The molecule has 2 heterocycles. The minimum Gasteiger partial charge on any atom is -0.496 e. The Morgan fingerprint density at radius 1 is 1.28 bits per heavy atom. The Hall–Kier alpha value is -2.42. The van der Waals surface area contributed by atoms with Crippen molar-refractivity contribution in [2.75, 3.05) is 44.9 Å². The van der Waals surface area contributed by atoms with Crippen LogP contribution in [0, 0.1) is 6.92 Å². The average molecular weight is 443 g/mol. The molecule has 0 spiro atoms. The molecule has 32 heavy (non-hydrogen) atoms. The largest absolute Gasteiger partial charge is 0.496 e. The zero-order chi connectivity index (χ0) is 23.1. The number of methoxy groups -OCH3 is 1. The monoisotopic (exact) mass is 442 g/mol. The van der Waals surface area contributed by atoms with E-state index in [1.807, 2.05) is 6.92 Å². The number of nitrogen functional groups attached to an aromatic ring is 1. The van der Waals surface area contributed by atoms with E-state index in [1.165, 1.54) is 5.56 Å². The van der Waals surface area contributed by atoms with E-state index in [0.717, 1.165) is 60.9 Å². The number of ether oxygens (including phenoxy) is 1. The zero-order valence-electron chi connectivity index (χ0n) is 19.8. The molecule has 1 saturated heterocycles. The highest BCUT2D eigenvalue weighted by Gasteiger charge is 2.22. The number of hydrogen-bond acceptors (Lipinski definition) is 8. The van der Waals surface area contributed by atoms with Gasteiger partial charge in [0.15, 0.2) is 0 Å². The molecule has 1 fully saturated rings. The maximum absolute atomic E-state index is 9.44. The molecule has 1 aliphatic rings. The summed E-state index contributed by atoms with van der Waals surface area (Å²) in [6.45, 7) is 7.24. The van der Waals surface area contributed by atoms with Gasteiger partial charge < -0.3 is 31.1 Å². The molecule has 5 N–H and O–H groups in total. The van der Waals surface area contributed by atoms with Gasteiger partial charge >= 0.3 is 0 Å². The number of aliphatic hydroxyl groups is 1. The van der Waals surface area contributed by atoms with E-state index in [2.05, 4.69) is 57.7 Å². The van der Waals surface area contributed by atoms with Gasteiger partial charge in [0.25, 0.3) is 0 Å². The van der Waals surface area contributed by atoms with Crippen LogP contribution in [0.2, 0.25) is 0 Å². The number of rotatable bonds is 12. The van der Waals surface area contributed by atoms with E-state index in [0.29, 0.717) is 18.9 Å². The molecule has 0 unspecified atom stereocenters. The molecule has 0 saturated carbocycles. The van der Waals surface area contributed by atoms with Crippen LogP contribution in [0.4, 0.5) is 11.8 Å². The van der Waals surface area contributed by atoms with Gasteiger partial charge in [-0.05, 0) is 44.0 Å². The van der Waals surface area contributed by atoms with Gasteiger partial charge in [-0.3, -0.25) is 0 Å². The summed E-state index contributed by atoms with van der Waals surface area (Å²) in [5.41, 5.74) is 10.1. The van der Waals surface area contributed by atoms with E-state index >= 15 is 0 Å². The maximum atomic E-state index is 9.44. The maximum Gasteiger partial charge on any atom is 0.222 e. The average Bonchev–Trinajstić information content (AvgIpc) is 2.73. The molecule has 2 aromatic rings. The Kier molecular flexibility index (Phi) is 8.67. The summed E-state index contributed by atoms with van der Waals surface area (Å²) in [5, 5.41) is 16.5. The number of likely N-dealkylation sites (tertiary alicyclic amines) is 1. The third-order valence-electron chi connectivity index (χ3n) is 6.06. The molecule has 1 aromatic carbocycles. The van der Waals surface area contributed by atoms with Crippen molar-refractivity contribution in [2.24, 2.45) is 0 Å². The topological polar surface area (TPSA) is 109 Å². The quantitative estimate of drug-likeness (QED) is 0.397. The standard InChI is InChI=1S/C24H38N6O2/c1-5-6-19(9-10-31)28-23-21(16(2)27-24(25)29-23)12-18-8-7-17(11-22(18)32-4)13-26-20-14-30(3)15-20/h7-8,11,19-20,26,31H,5-6,9-10,12-15H2,1-4H3,(H3,25,27,28,29)/t19-/m0/s1. The van der Waals surface area contributed by atoms with Gasteiger partial charge in [-0.2, -0.15) is 4.98 Å². The van der Waals surface area contributed by atoms with Crippen LogP contribution in [-0.4, -0.2) is 65.9 Å². The number of anilines is 2. The van der Waals surface area contributed by atoms with Crippen molar-refractivity contribution in [1.29, 1.82) is 0 Å². The number of nitrogens with zero attached hydrogens (tertiary/aromatic N) is 3. The Morgan fingerprint density at radius 2 is 2.06 bits per heavy atom. The van der Waals surface area contributed by atoms with Crippen molar-refractivity contribution >= 4 is 11.8 Å². The molecule has 8 nitrogen and oxygen atoms in total. The smallest absolute Gasteiger partial charge is 0.222 e. The molecular weight excluding hydrogens is 404 g/mol. The number of aromatic nitrogens is 2. The fourth-order valence-electron chi connectivity index (χ4n) is 4.26. The summed E-state index contributed by atoms with van der Waals surface area (Å²) in [7, 11) is 3.84. The second-order valence-corrected chi connectivity index (χ2v) is 8.76. The highest BCUT2D eigenvalue weighted by molar-refractivity contribution is 5.53. The van der Waals surface area contributed by atoms with Gasteiger partial charge in [0.05, 0.1) is 7.11 Å². The van der Waals surface area contributed by atoms with Crippen LogP contribution in [0.3, 0.4) is 0 Å². The summed E-state index contributed by atoms with van der Waals surface area (Å²) in [4.78, 5) is 11.2. The van der Waals surface area contributed by atoms with E-state index in [-0.39, 0.29) is 18.6 Å². The van der Waals surface area contributed by atoms with Gasteiger partial charge in [-0.25, -0.2) is 4.98 Å². The van der Waals surface area contributed by atoms with Gasteiger partial charge in [0.2, 0.25) is 5.95 Å². The third kappa shape index (κ3) is 6.31. The van der Waals surface area contributed by atoms with Gasteiger partial charge in [-0.15, -0.1) is 0 Å². The van der Waals surface area contributed by atoms with E-state index in [1.54, 1.807) is 7.11 Å². The fourth-order valence-corrected chi connectivity index (χ4v) is 4.26. The number of hydrogen-bond donors (Lipinski definition) is 4. The predicted octanol–water partition coefficient (Wildman–Crippen LogP) is 2.33. The van der Waals surface area contributed by atoms with Crippen LogP contribution in [0.5, 0.6) is 5.75 Å². The van der Waals surface area contributed by atoms with Crippen LogP contribution < -0.4 is 21.1 Å². The molecule has 0 amide bonds. The lowest BCUT2D eigenvalue weighted by Gasteiger charge is -2.36. The van der Waals surface area contributed by atoms with Crippen LogP contribution >= 0.6 is 0 Å². The first-order chi connectivity index (χ1) is 15.4. The normalized spacial score (nSPS) is 15.4. The predicted molar refractivity (Wildman–Crippen MR) is 129 cm³/mol. The lowest BCUT2D eigenvalue weighted by atomic mass is 10.0. The van der Waals surface area contributed by atoms with E-state index < -0.39 is 0 Å². The van der Waals surface area contributed by atoms with E-state index in [9.17, 15) is 5.11 Å². The number of nitrogens with one attached hydrogen (secondary N) is 2. The second-order valence-electron chi connectivity index (χ2n) is 8.76. The summed E-state index contributed by atoms with van der Waals surface area (Å²) < 4.78 is 5.73. The Bertz CT molecular complexity index is 879. The Labute approximate surface area is 191 Å². The lowest BCUT2D eigenvalue weighted by molar-refractivity contribution is 0.161. The van der Waals surface area contributed by atoms with Crippen LogP contribution in [0.1, 0.15) is 48.6 Å². The van der Waals surface area contributed by atoms with Gasteiger partial charge in [0.1, 0.15) is 11.6 Å². The summed E-state index contributed by atoms with van der Waals surface area (Å²) in [5.74, 6) is 1.85. The zero-order valence-corrected chi connectivity index (χ0v) is 19.8. The minimum absolute atomic E-state index is 0.132. The minimum atomic E-state index is 0.132. The molecule has 3 rings (SSSR count). The summed E-state index contributed by atoms with van der Waals surface area (Å²) in [6.07, 6.45) is 3.27. The summed E-state index contributed by atoms with van der Waals surface area (Å²) in [6, 6.07) is 7.08. The first kappa shape index (κ1) is 24.2. The Morgan fingerprint density at radius 3 is 2.72 bits per heavy atom. The lowest BCUT2D eigenvalue weighted by Crippen LogP contribution is -2.55. The summed E-state index contributed by atoms with van der Waals surface area (Å²) >= 11 is 0. The molecule has 0 bridgehead atoms. The van der Waals surface area contributed by atoms with Crippen LogP contribution in [0.15, 0.2) is 18.2 Å². The number of likely N-dealkylation sites (N-methyl/N-ethyl adjacent to an activating group) is 1. The van der Waals surface area contributed by atoms with Crippen molar-refractivity contribution in [3.8, 4) is 5.75 Å². The molecule has 0 aliphatic carbocycles. The Balaban J connectivity index is 1.79. The number of aryl methyl sites for hydroxylation is 1. The fraction of sp³-hybridized carbons (Fsp3) is 0.583. The molecule has 1 atom stereocenters. The number of benzene rings is 1. The van der Waals surface area contributed by atoms with Gasteiger partial charge in [0, 0.05) is 56.0 Å². The van der Waals surface area contributed by atoms with Crippen molar-refractivity contribution in [3.05, 3.63) is 40.6 Å². The first-order valence-corrected chi connectivity index (χ1v) is 11.5. The van der Waals surface area contributed by atoms with Crippen molar-refractivity contribution in [3.63, 3.8) is 0 Å². The first-order valence-electron chi connectivity index (χ1n) is 11.5. The SMILES string of the molecule is CCC[C@@H](CCO)Nc1nc(N)nc(C)c1Cc1ccc(CNC2CN(C)C2)cc1OC. The molecule has 1 aliphatic heterocycles. The molecule has 8 heteroatoms. The number of nitrogens with two attached hydrogens (primary N) is 1. The van der Waals surface area contributed by atoms with Crippen LogP contribution in [0.25, 0.3) is 0 Å². The third-order valence-corrected chi connectivity index (χ3v) is 6.06. The number of aliphatic hydroxyl groups excluding tert-OH is 1. The van der Waals surface area contributed by atoms with Crippen LogP contribution in [-0.2, 0) is 13.0 Å². The van der Waals surface area contributed by atoms with Crippen molar-refractivity contribution in [1.82, 2.24) is 20.2 Å². The second kappa shape index (κ2) is 11.4. The highest BCUT2D eigenvalue weighted by atomic mass is 16.5. The van der Waals surface area contributed by atoms with Gasteiger partial charge in [-0.1, -0.05) is 25.5 Å². The molecule has 176 valence electrons. The highest BCUT2D eigenvalue weighted by Crippen LogP contribution is 2.28. The van der Waals surface area contributed by atoms with Crippen molar-refractivity contribution in [2.45, 2.75) is 58.2 Å². The molecule has 0 radical (unpaired) electrons. The van der Waals surface area contributed by atoms with E-state index in [4.69, 9.17) is 10.5 Å². The van der Waals surface area contributed by atoms with Crippen molar-refractivity contribution < 1.29 is 9.84 Å². The molecule has 1 aromatic heterocycles.